The van der Waals surface area contributed by atoms with Crippen molar-refractivity contribution in [2.24, 2.45) is 17.4 Å². The molecule has 15 heavy (non-hydrogen) atoms. The Morgan fingerprint density at radius 1 is 1.20 bits per heavy atom. The van der Waals surface area contributed by atoms with Crippen LogP contribution in [0.25, 0.3) is 0 Å². The molecule has 1 rings (SSSR count). The quantitative estimate of drug-likeness (QED) is 0.859. The van der Waals surface area contributed by atoms with Gasteiger partial charge in [0.1, 0.15) is 0 Å². The van der Waals surface area contributed by atoms with Crippen LogP contribution in [0.1, 0.15) is 18.4 Å². The van der Waals surface area contributed by atoms with E-state index in [1.807, 2.05) is 12.1 Å². The van der Waals surface area contributed by atoms with Crippen molar-refractivity contribution in [3.63, 3.8) is 0 Å². The maximum absolute atomic E-state index is 6.13. The van der Waals surface area contributed by atoms with Crippen molar-refractivity contribution in [2.75, 3.05) is 13.1 Å². The lowest BCUT2D eigenvalue weighted by Crippen LogP contribution is -2.28. The van der Waals surface area contributed by atoms with E-state index >= 15 is 0 Å². The van der Waals surface area contributed by atoms with E-state index in [1.54, 1.807) is 6.07 Å². The Morgan fingerprint density at radius 2 is 1.80 bits per heavy atom. The first kappa shape index (κ1) is 12.8. The van der Waals surface area contributed by atoms with Crippen LogP contribution in [0.3, 0.4) is 0 Å². The molecule has 4 N–H and O–H groups in total. The van der Waals surface area contributed by atoms with Crippen LogP contribution in [0.2, 0.25) is 10.0 Å². The van der Waals surface area contributed by atoms with E-state index in [-0.39, 0.29) is 11.8 Å². The summed E-state index contributed by atoms with van der Waals surface area (Å²) in [6.07, 6.45) is 0. The highest BCUT2D eigenvalue weighted by molar-refractivity contribution is 6.42. The summed E-state index contributed by atoms with van der Waals surface area (Å²) in [5, 5.41) is 1.19. The molecule has 1 aromatic rings. The van der Waals surface area contributed by atoms with Crippen molar-refractivity contribution >= 4 is 23.2 Å². The third-order valence-electron chi connectivity index (χ3n) is 2.78. The van der Waals surface area contributed by atoms with Crippen LogP contribution in [-0.4, -0.2) is 13.1 Å². The lowest BCUT2D eigenvalue weighted by atomic mass is 9.87. The second-order valence-electron chi connectivity index (χ2n) is 3.66. The van der Waals surface area contributed by atoms with Gasteiger partial charge in [-0.05, 0) is 36.6 Å². The van der Waals surface area contributed by atoms with Crippen LogP contribution in [0.4, 0.5) is 0 Å². The summed E-state index contributed by atoms with van der Waals surface area (Å²) in [4.78, 5) is 0. The average molecular weight is 247 g/mol. The van der Waals surface area contributed by atoms with Crippen molar-refractivity contribution in [1.82, 2.24) is 0 Å². The van der Waals surface area contributed by atoms with Crippen molar-refractivity contribution in [3.8, 4) is 0 Å². The van der Waals surface area contributed by atoms with Gasteiger partial charge in [-0.25, -0.2) is 0 Å². The van der Waals surface area contributed by atoms with E-state index in [1.165, 1.54) is 0 Å². The predicted molar refractivity (Wildman–Crippen MR) is 66.5 cm³/mol. The van der Waals surface area contributed by atoms with E-state index < -0.39 is 0 Å². The highest BCUT2D eigenvalue weighted by atomic mass is 35.5. The highest BCUT2D eigenvalue weighted by Crippen LogP contribution is 2.33. The molecule has 4 heteroatoms. The summed E-state index contributed by atoms with van der Waals surface area (Å²) in [7, 11) is 0. The van der Waals surface area contributed by atoms with Gasteiger partial charge < -0.3 is 11.5 Å². The molecule has 0 spiro atoms. The van der Waals surface area contributed by atoms with Crippen LogP contribution in [0.5, 0.6) is 0 Å². The maximum atomic E-state index is 6.13. The maximum Gasteiger partial charge on any atom is 0.0627 e. The molecule has 0 aromatic heterocycles. The zero-order valence-corrected chi connectivity index (χ0v) is 10.2. The number of nitrogens with two attached hydrogens (primary N) is 2. The molecule has 0 fully saturated rings. The molecule has 0 aliphatic heterocycles. The van der Waals surface area contributed by atoms with E-state index in [0.717, 1.165) is 5.56 Å². The summed E-state index contributed by atoms with van der Waals surface area (Å²) >= 11 is 12.1. The van der Waals surface area contributed by atoms with Gasteiger partial charge in [0, 0.05) is 0 Å². The number of halogens is 2. The lowest BCUT2D eigenvalue weighted by Gasteiger charge is -2.22. The zero-order valence-electron chi connectivity index (χ0n) is 8.71. The molecule has 0 amide bonds. The van der Waals surface area contributed by atoms with Crippen LogP contribution in [0, 0.1) is 5.92 Å². The first-order valence-electron chi connectivity index (χ1n) is 4.95. The molecule has 0 radical (unpaired) electrons. The molecule has 0 aliphatic rings. The van der Waals surface area contributed by atoms with Gasteiger partial charge in [-0.15, -0.1) is 0 Å². The molecular weight excluding hydrogens is 231 g/mol. The van der Waals surface area contributed by atoms with E-state index in [9.17, 15) is 0 Å². The van der Waals surface area contributed by atoms with E-state index in [4.69, 9.17) is 34.7 Å². The number of rotatable bonds is 4. The van der Waals surface area contributed by atoms with Gasteiger partial charge in [-0.1, -0.05) is 42.3 Å². The lowest BCUT2D eigenvalue weighted by molar-refractivity contribution is 0.467. The molecule has 0 aliphatic carbocycles. The van der Waals surface area contributed by atoms with Crippen molar-refractivity contribution in [2.45, 2.75) is 12.8 Å². The zero-order chi connectivity index (χ0) is 11.4. The van der Waals surface area contributed by atoms with Gasteiger partial charge in [0.15, 0.2) is 0 Å². The molecule has 1 aromatic carbocycles. The molecule has 0 saturated carbocycles. The summed E-state index contributed by atoms with van der Waals surface area (Å²) < 4.78 is 0. The fourth-order valence-corrected chi connectivity index (χ4v) is 2.11. The smallest absolute Gasteiger partial charge is 0.0627 e. The summed E-state index contributed by atoms with van der Waals surface area (Å²) in [6, 6.07) is 5.64. The minimum Gasteiger partial charge on any atom is -0.330 e. The van der Waals surface area contributed by atoms with Crippen LogP contribution in [-0.2, 0) is 0 Å². The Morgan fingerprint density at radius 3 is 2.33 bits per heavy atom. The number of benzene rings is 1. The SMILES string of the molecule is CC(c1cccc(Cl)c1Cl)C(CN)CN. The van der Waals surface area contributed by atoms with Crippen LogP contribution >= 0.6 is 23.2 Å². The monoisotopic (exact) mass is 246 g/mol. The molecule has 0 saturated heterocycles. The molecule has 84 valence electrons. The van der Waals surface area contributed by atoms with E-state index in [2.05, 4.69) is 6.92 Å². The molecule has 0 bridgehead atoms. The number of hydrogen-bond donors (Lipinski definition) is 2. The van der Waals surface area contributed by atoms with Crippen molar-refractivity contribution in [1.29, 1.82) is 0 Å². The van der Waals surface area contributed by atoms with Gasteiger partial charge in [0.25, 0.3) is 0 Å². The Balaban J connectivity index is 2.99. The standard InChI is InChI=1S/C11H16Cl2N2/c1-7(8(5-14)6-15)9-3-2-4-10(12)11(9)13/h2-4,7-8H,5-6,14-15H2,1H3. The second-order valence-corrected chi connectivity index (χ2v) is 4.45. The minimum absolute atomic E-state index is 0.228. The third-order valence-corrected chi connectivity index (χ3v) is 3.62. The molecule has 1 unspecified atom stereocenters. The minimum atomic E-state index is 0.228. The number of hydrogen-bond acceptors (Lipinski definition) is 2. The van der Waals surface area contributed by atoms with Gasteiger partial charge >= 0.3 is 0 Å². The fraction of sp³-hybridized carbons (Fsp3) is 0.455. The highest BCUT2D eigenvalue weighted by Gasteiger charge is 2.19. The van der Waals surface area contributed by atoms with E-state index in [0.29, 0.717) is 23.1 Å². The summed E-state index contributed by atoms with van der Waals surface area (Å²) in [5.74, 6) is 0.465. The first-order valence-corrected chi connectivity index (χ1v) is 5.71. The van der Waals surface area contributed by atoms with Crippen LogP contribution < -0.4 is 11.5 Å². The topological polar surface area (TPSA) is 52.0 Å². The fourth-order valence-electron chi connectivity index (χ4n) is 1.63. The predicted octanol–water partition coefficient (Wildman–Crippen LogP) is 2.63. The summed E-state index contributed by atoms with van der Waals surface area (Å²) in [5.41, 5.74) is 12.3. The molecular formula is C11H16Cl2N2. The third kappa shape index (κ3) is 2.85. The first-order chi connectivity index (χ1) is 7.11. The Bertz CT molecular complexity index is 324. The van der Waals surface area contributed by atoms with Crippen molar-refractivity contribution in [3.05, 3.63) is 33.8 Å². The van der Waals surface area contributed by atoms with Crippen LogP contribution in [0.15, 0.2) is 18.2 Å². The Labute approximate surface area is 101 Å². The van der Waals surface area contributed by atoms with Gasteiger partial charge in [-0.2, -0.15) is 0 Å². The van der Waals surface area contributed by atoms with Gasteiger partial charge in [0.05, 0.1) is 10.0 Å². The Hall–Kier alpha value is -0.280. The molecule has 2 nitrogen and oxygen atoms in total. The molecule has 1 atom stereocenters. The average Bonchev–Trinajstić information content (AvgIpc) is 2.23. The largest absolute Gasteiger partial charge is 0.330 e. The Kier molecular flexibility index (Phi) is 4.87. The van der Waals surface area contributed by atoms with Gasteiger partial charge in [0.2, 0.25) is 0 Å². The second kappa shape index (κ2) is 5.71. The van der Waals surface area contributed by atoms with Gasteiger partial charge in [-0.3, -0.25) is 0 Å². The van der Waals surface area contributed by atoms with Crippen molar-refractivity contribution < 1.29 is 0 Å². The summed E-state index contributed by atoms with van der Waals surface area (Å²) in [6.45, 7) is 3.18. The normalized spacial score (nSPS) is 13.2. The molecule has 0 heterocycles.